The average molecular weight is 326 g/mol. The third-order valence-corrected chi connectivity index (χ3v) is 5.78. The number of carbonyl (C=O) groups excluding carboxylic acids is 1. The van der Waals surface area contributed by atoms with Crippen molar-refractivity contribution in [3.05, 3.63) is 24.3 Å². The van der Waals surface area contributed by atoms with Crippen molar-refractivity contribution >= 4 is 15.7 Å². The Morgan fingerprint density at radius 1 is 1.41 bits per heavy atom. The molecule has 0 saturated carbocycles. The lowest BCUT2D eigenvalue weighted by Crippen LogP contribution is -2.37. The molecule has 1 aromatic rings. The quantitative estimate of drug-likeness (QED) is 0.859. The van der Waals surface area contributed by atoms with Gasteiger partial charge < -0.3 is 15.4 Å². The molecular formula is C15H22N2O4S. The second-order valence-corrected chi connectivity index (χ2v) is 7.73. The van der Waals surface area contributed by atoms with Gasteiger partial charge in [-0.3, -0.25) is 4.79 Å². The molecular weight excluding hydrogens is 304 g/mol. The van der Waals surface area contributed by atoms with E-state index in [9.17, 15) is 13.2 Å². The van der Waals surface area contributed by atoms with Crippen LogP contribution in [0.3, 0.4) is 0 Å². The first-order valence-electron chi connectivity index (χ1n) is 7.24. The van der Waals surface area contributed by atoms with Crippen LogP contribution in [0.25, 0.3) is 0 Å². The number of likely N-dealkylation sites (tertiary alicyclic amines) is 1. The van der Waals surface area contributed by atoms with E-state index >= 15 is 0 Å². The van der Waals surface area contributed by atoms with E-state index in [0.717, 1.165) is 6.42 Å². The number of carbonyl (C=O) groups is 1. The molecule has 1 heterocycles. The summed E-state index contributed by atoms with van der Waals surface area (Å²) in [7, 11) is -1.99. The summed E-state index contributed by atoms with van der Waals surface area (Å²) in [5, 5.41) is 0. The molecule has 6 nitrogen and oxygen atoms in total. The summed E-state index contributed by atoms with van der Waals surface area (Å²) >= 11 is 0. The van der Waals surface area contributed by atoms with Gasteiger partial charge in [0.2, 0.25) is 5.91 Å². The van der Waals surface area contributed by atoms with E-state index in [-0.39, 0.29) is 22.6 Å². The molecule has 2 N–H and O–H groups in total. The minimum Gasteiger partial charge on any atom is -0.497 e. The number of hydrogen-bond acceptors (Lipinski definition) is 5. The Hall–Kier alpha value is -1.60. The van der Waals surface area contributed by atoms with Crippen LogP contribution in [0.4, 0.5) is 0 Å². The van der Waals surface area contributed by atoms with Gasteiger partial charge in [-0.25, -0.2) is 8.42 Å². The zero-order chi connectivity index (χ0) is 16.3. The number of rotatable bonds is 5. The third kappa shape index (κ3) is 3.78. The predicted molar refractivity (Wildman–Crippen MR) is 83.4 cm³/mol. The minimum absolute atomic E-state index is 0.00524. The van der Waals surface area contributed by atoms with Crippen LogP contribution in [0.5, 0.6) is 5.75 Å². The van der Waals surface area contributed by atoms with E-state index in [2.05, 4.69) is 0 Å². The van der Waals surface area contributed by atoms with Crippen LogP contribution >= 0.6 is 0 Å². The molecule has 0 spiro atoms. The Morgan fingerprint density at radius 2 is 2.05 bits per heavy atom. The summed E-state index contributed by atoms with van der Waals surface area (Å²) in [6.07, 6.45) is 0.768. The highest BCUT2D eigenvalue weighted by atomic mass is 32.2. The minimum atomic E-state index is -3.51. The average Bonchev–Trinajstić information content (AvgIpc) is 2.92. The van der Waals surface area contributed by atoms with Gasteiger partial charge in [0.15, 0.2) is 9.84 Å². The lowest BCUT2D eigenvalue weighted by Gasteiger charge is -2.20. The summed E-state index contributed by atoms with van der Waals surface area (Å²) in [4.78, 5) is 14.1. The number of benzene rings is 1. The Balaban J connectivity index is 2.05. The van der Waals surface area contributed by atoms with E-state index in [4.69, 9.17) is 10.5 Å². The number of ether oxygens (including phenoxy) is 1. The number of sulfone groups is 1. The molecule has 1 aliphatic heterocycles. The molecule has 1 amide bonds. The van der Waals surface area contributed by atoms with E-state index in [1.54, 1.807) is 24.0 Å². The molecule has 0 aromatic heterocycles. The number of amides is 1. The van der Waals surface area contributed by atoms with Crippen molar-refractivity contribution in [2.45, 2.75) is 24.3 Å². The van der Waals surface area contributed by atoms with Crippen molar-refractivity contribution in [2.75, 3.05) is 26.0 Å². The highest BCUT2D eigenvalue weighted by Gasteiger charge is 2.30. The lowest BCUT2D eigenvalue weighted by atomic mass is 10.2. The standard InChI is InChI=1S/C15H22N2O4S/c1-11(15(18)17-8-7-12(16)9-17)10-22(19,20)14-5-3-13(21-2)4-6-14/h3-6,11-12H,7-10,16H2,1-2H3/t11?,12-/m1/s1. The second kappa shape index (κ2) is 6.66. The van der Waals surface area contributed by atoms with E-state index in [1.165, 1.54) is 19.2 Å². The first kappa shape index (κ1) is 16.8. The predicted octanol–water partition coefficient (Wildman–Crippen LogP) is 0.665. The van der Waals surface area contributed by atoms with Gasteiger partial charge in [-0.1, -0.05) is 6.92 Å². The number of methoxy groups -OCH3 is 1. The molecule has 0 radical (unpaired) electrons. The van der Waals surface area contributed by atoms with E-state index < -0.39 is 15.8 Å². The van der Waals surface area contributed by atoms with Gasteiger partial charge in [0.1, 0.15) is 5.75 Å². The summed E-state index contributed by atoms with van der Waals surface area (Å²) in [6.45, 7) is 2.76. The van der Waals surface area contributed by atoms with Gasteiger partial charge in [0, 0.05) is 25.0 Å². The van der Waals surface area contributed by atoms with Crippen molar-refractivity contribution in [3.63, 3.8) is 0 Å². The molecule has 2 rings (SSSR count). The van der Waals surface area contributed by atoms with Crippen LogP contribution < -0.4 is 10.5 Å². The van der Waals surface area contributed by atoms with Crippen LogP contribution in [-0.2, 0) is 14.6 Å². The molecule has 1 saturated heterocycles. The summed E-state index contributed by atoms with van der Waals surface area (Å²) in [5.41, 5.74) is 5.78. The molecule has 122 valence electrons. The molecule has 7 heteroatoms. The van der Waals surface area contributed by atoms with Crippen molar-refractivity contribution in [3.8, 4) is 5.75 Å². The smallest absolute Gasteiger partial charge is 0.226 e. The normalized spacial score (nSPS) is 20.0. The van der Waals surface area contributed by atoms with E-state index in [1.807, 2.05) is 0 Å². The van der Waals surface area contributed by atoms with Crippen LogP contribution in [0.15, 0.2) is 29.2 Å². The topological polar surface area (TPSA) is 89.7 Å². The van der Waals surface area contributed by atoms with Crippen molar-refractivity contribution in [1.29, 1.82) is 0 Å². The molecule has 0 bridgehead atoms. The fraction of sp³-hybridized carbons (Fsp3) is 0.533. The van der Waals surface area contributed by atoms with Crippen LogP contribution in [0, 0.1) is 5.92 Å². The van der Waals surface area contributed by atoms with Gasteiger partial charge in [0.05, 0.1) is 17.8 Å². The van der Waals surface area contributed by atoms with Gasteiger partial charge in [-0.05, 0) is 30.7 Å². The maximum atomic E-state index is 12.4. The molecule has 1 unspecified atom stereocenters. The molecule has 0 aliphatic carbocycles. The van der Waals surface area contributed by atoms with Crippen LogP contribution in [0.1, 0.15) is 13.3 Å². The molecule has 22 heavy (non-hydrogen) atoms. The maximum Gasteiger partial charge on any atom is 0.226 e. The first-order chi connectivity index (χ1) is 10.3. The zero-order valence-electron chi connectivity index (χ0n) is 12.9. The first-order valence-corrected chi connectivity index (χ1v) is 8.90. The number of nitrogens with two attached hydrogens (primary N) is 1. The maximum absolute atomic E-state index is 12.4. The second-order valence-electron chi connectivity index (χ2n) is 5.69. The highest BCUT2D eigenvalue weighted by Crippen LogP contribution is 2.20. The fourth-order valence-corrected chi connectivity index (χ4v) is 4.12. The SMILES string of the molecule is COc1ccc(S(=O)(=O)CC(C)C(=O)N2CC[C@@H](N)C2)cc1. The summed E-state index contributed by atoms with van der Waals surface area (Å²) < 4.78 is 29.8. The zero-order valence-corrected chi connectivity index (χ0v) is 13.7. The van der Waals surface area contributed by atoms with Crippen molar-refractivity contribution in [2.24, 2.45) is 11.7 Å². The van der Waals surface area contributed by atoms with Crippen molar-refractivity contribution in [1.82, 2.24) is 4.90 Å². The van der Waals surface area contributed by atoms with E-state index in [0.29, 0.717) is 18.8 Å². The Labute approximate surface area is 131 Å². The van der Waals surface area contributed by atoms with Crippen LogP contribution in [0.2, 0.25) is 0 Å². The Morgan fingerprint density at radius 3 is 2.55 bits per heavy atom. The largest absolute Gasteiger partial charge is 0.497 e. The monoisotopic (exact) mass is 326 g/mol. The molecule has 1 aliphatic rings. The number of hydrogen-bond donors (Lipinski definition) is 1. The molecule has 1 aromatic carbocycles. The fourth-order valence-electron chi connectivity index (χ4n) is 2.58. The number of nitrogens with zero attached hydrogens (tertiary/aromatic N) is 1. The summed E-state index contributed by atoms with van der Waals surface area (Å²) in [5.74, 6) is -0.347. The molecule has 2 atom stereocenters. The summed E-state index contributed by atoms with van der Waals surface area (Å²) in [6, 6.07) is 6.18. The van der Waals surface area contributed by atoms with Gasteiger partial charge in [-0.2, -0.15) is 0 Å². The Bertz CT molecular complexity index is 627. The lowest BCUT2D eigenvalue weighted by molar-refractivity contribution is -0.133. The third-order valence-electron chi connectivity index (χ3n) is 3.85. The highest BCUT2D eigenvalue weighted by molar-refractivity contribution is 7.91. The Kier molecular flexibility index (Phi) is 5.08. The molecule has 1 fully saturated rings. The van der Waals surface area contributed by atoms with Gasteiger partial charge in [0.25, 0.3) is 0 Å². The van der Waals surface area contributed by atoms with Crippen molar-refractivity contribution < 1.29 is 17.9 Å². The van der Waals surface area contributed by atoms with Gasteiger partial charge in [-0.15, -0.1) is 0 Å². The van der Waals surface area contributed by atoms with Crippen LogP contribution in [-0.4, -0.2) is 51.2 Å². The van der Waals surface area contributed by atoms with Gasteiger partial charge >= 0.3 is 0 Å².